The number of carbonyl (C=O) groups excluding carboxylic acids is 1. The molecule has 1 N–H and O–H groups in total. The van der Waals surface area contributed by atoms with Crippen molar-refractivity contribution in [2.45, 2.75) is 6.42 Å². The third-order valence-corrected chi connectivity index (χ3v) is 5.10. The van der Waals surface area contributed by atoms with E-state index in [1.807, 2.05) is 0 Å². The highest BCUT2D eigenvalue weighted by atomic mass is 32.2. The lowest BCUT2D eigenvalue weighted by molar-refractivity contribution is -0.119. The minimum Gasteiger partial charge on any atom is -0.379 e. The number of hydrogen-bond acceptors (Lipinski definition) is 5. The summed E-state index contributed by atoms with van der Waals surface area (Å²) in [7, 11) is -3.83. The van der Waals surface area contributed by atoms with E-state index in [1.165, 1.54) is 0 Å². The lowest BCUT2D eigenvalue weighted by Gasteiger charge is -2.26. The Hall–Kier alpha value is -1.78. The number of benzene rings is 1. The van der Waals surface area contributed by atoms with Crippen LogP contribution in [-0.4, -0.2) is 71.4 Å². The highest BCUT2D eigenvalue weighted by Crippen LogP contribution is 2.20. The van der Waals surface area contributed by atoms with E-state index in [4.69, 9.17) is 4.74 Å². The molecule has 0 aromatic heterocycles. The van der Waals surface area contributed by atoms with Gasteiger partial charge >= 0.3 is 0 Å². The molecule has 1 amide bonds. The second-order valence-electron chi connectivity index (χ2n) is 6.03. The summed E-state index contributed by atoms with van der Waals surface area (Å²) < 4.78 is 56.2. The Morgan fingerprint density at radius 3 is 2.58 bits per heavy atom. The van der Waals surface area contributed by atoms with Crippen LogP contribution in [-0.2, 0) is 19.6 Å². The van der Waals surface area contributed by atoms with Crippen molar-refractivity contribution < 1.29 is 26.7 Å². The van der Waals surface area contributed by atoms with Crippen molar-refractivity contribution in [2.75, 3.05) is 56.5 Å². The molecule has 146 valence electrons. The Bertz CT molecular complexity index is 724. The van der Waals surface area contributed by atoms with Crippen molar-refractivity contribution in [3.63, 3.8) is 0 Å². The molecule has 1 aromatic rings. The average molecular weight is 391 g/mol. The molecule has 1 saturated heterocycles. The van der Waals surface area contributed by atoms with E-state index >= 15 is 0 Å². The van der Waals surface area contributed by atoms with Crippen LogP contribution in [0.1, 0.15) is 6.42 Å². The number of rotatable bonds is 8. The minimum absolute atomic E-state index is 0.102. The van der Waals surface area contributed by atoms with Crippen LogP contribution in [0.25, 0.3) is 0 Å². The van der Waals surface area contributed by atoms with Crippen LogP contribution in [0, 0.1) is 11.6 Å². The van der Waals surface area contributed by atoms with E-state index < -0.39 is 34.1 Å². The molecular weight excluding hydrogens is 368 g/mol. The molecule has 10 heteroatoms. The maximum Gasteiger partial charge on any atom is 0.240 e. The third-order valence-electron chi connectivity index (χ3n) is 3.96. The van der Waals surface area contributed by atoms with Gasteiger partial charge in [-0.1, -0.05) is 0 Å². The summed E-state index contributed by atoms with van der Waals surface area (Å²) in [4.78, 5) is 14.3. The highest BCUT2D eigenvalue weighted by Gasteiger charge is 2.22. The molecule has 7 nitrogen and oxygen atoms in total. The summed E-state index contributed by atoms with van der Waals surface area (Å²) in [5.74, 6) is -2.78. The van der Waals surface area contributed by atoms with E-state index in [0.717, 1.165) is 54.8 Å². The van der Waals surface area contributed by atoms with Gasteiger partial charge in [-0.15, -0.1) is 0 Å². The number of nitrogens with zero attached hydrogens (tertiary/aromatic N) is 2. The van der Waals surface area contributed by atoms with Gasteiger partial charge in [0.05, 0.1) is 25.2 Å². The maximum atomic E-state index is 13.4. The zero-order chi connectivity index (χ0) is 19.2. The Balaban J connectivity index is 1.87. The number of amides is 1. The second-order valence-corrected chi connectivity index (χ2v) is 7.93. The predicted molar refractivity (Wildman–Crippen MR) is 93.4 cm³/mol. The molecule has 1 aliphatic rings. The fourth-order valence-electron chi connectivity index (χ4n) is 2.58. The average Bonchev–Trinajstić information content (AvgIpc) is 2.59. The number of hydrogen-bond donors (Lipinski definition) is 1. The second kappa shape index (κ2) is 9.24. The monoisotopic (exact) mass is 391 g/mol. The fraction of sp³-hybridized carbons (Fsp3) is 0.562. The van der Waals surface area contributed by atoms with Crippen LogP contribution < -0.4 is 9.62 Å². The van der Waals surface area contributed by atoms with Crippen molar-refractivity contribution in [1.82, 2.24) is 10.2 Å². The lowest BCUT2D eigenvalue weighted by atomic mass is 10.3. The number of ether oxygens (including phenoxy) is 1. The van der Waals surface area contributed by atoms with E-state index in [9.17, 15) is 22.0 Å². The normalized spacial score (nSPS) is 15.7. The summed E-state index contributed by atoms with van der Waals surface area (Å²) >= 11 is 0. The standard InChI is InChI=1S/C16H23F2N3O4S/c1-26(23,24)21(13-3-4-14(17)15(18)11-13)12-16(22)19-5-2-6-20-7-9-25-10-8-20/h3-4,11H,2,5-10,12H2,1H3,(H,19,22). The van der Waals surface area contributed by atoms with Gasteiger partial charge in [0.15, 0.2) is 11.6 Å². The summed E-state index contributed by atoms with van der Waals surface area (Å²) in [6, 6.07) is 2.69. The molecule has 26 heavy (non-hydrogen) atoms. The number of morpholine rings is 1. The third kappa shape index (κ3) is 6.19. The number of halogens is 2. The number of sulfonamides is 1. The summed E-state index contributed by atoms with van der Waals surface area (Å²) in [6.45, 7) is 3.81. The first kappa shape index (κ1) is 20.5. The summed E-state index contributed by atoms with van der Waals surface area (Å²) in [5.41, 5.74) is -0.102. The largest absolute Gasteiger partial charge is 0.379 e. The predicted octanol–water partition coefficient (Wildman–Crippen LogP) is 0.569. The van der Waals surface area contributed by atoms with Crippen LogP contribution in [0.5, 0.6) is 0 Å². The van der Waals surface area contributed by atoms with Gasteiger partial charge in [0, 0.05) is 25.7 Å². The molecular formula is C16H23F2N3O4S. The molecule has 1 aliphatic heterocycles. The van der Waals surface area contributed by atoms with Gasteiger partial charge in [-0.25, -0.2) is 17.2 Å². The molecule has 0 atom stereocenters. The van der Waals surface area contributed by atoms with Gasteiger partial charge in [0.25, 0.3) is 0 Å². The van der Waals surface area contributed by atoms with Gasteiger partial charge in [-0.05, 0) is 25.1 Å². The van der Waals surface area contributed by atoms with E-state index in [2.05, 4.69) is 10.2 Å². The van der Waals surface area contributed by atoms with Crippen molar-refractivity contribution in [2.24, 2.45) is 0 Å². The zero-order valence-electron chi connectivity index (χ0n) is 14.6. The molecule has 0 aliphatic carbocycles. The number of carbonyl (C=O) groups is 1. The Labute approximate surface area is 152 Å². The van der Waals surface area contributed by atoms with Crippen LogP contribution >= 0.6 is 0 Å². The van der Waals surface area contributed by atoms with Crippen molar-refractivity contribution >= 4 is 21.6 Å². The van der Waals surface area contributed by atoms with E-state index in [1.54, 1.807) is 0 Å². The van der Waals surface area contributed by atoms with Gasteiger partial charge < -0.3 is 10.1 Å². The molecule has 0 saturated carbocycles. The smallest absolute Gasteiger partial charge is 0.240 e. The fourth-order valence-corrected chi connectivity index (χ4v) is 3.43. The molecule has 1 heterocycles. The maximum absolute atomic E-state index is 13.4. The Morgan fingerprint density at radius 2 is 1.96 bits per heavy atom. The summed E-state index contributed by atoms with van der Waals surface area (Å²) in [5, 5.41) is 2.65. The van der Waals surface area contributed by atoms with Crippen molar-refractivity contribution in [3.05, 3.63) is 29.8 Å². The van der Waals surface area contributed by atoms with Crippen LogP contribution in [0.3, 0.4) is 0 Å². The highest BCUT2D eigenvalue weighted by molar-refractivity contribution is 7.92. The Morgan fingerprint density at radius 1 is 1.27 bits per heavy atom. The molecule has 2 rings (SSSR count). The zero-order valence-corrected chi connectivity index (χ0v) is 15.4. The SMILES string of the molecule is CS(=O)(=O)N(CC(=O)NCCCN1CCOCC1)c1ccc(F)c(F)c1. The van der Waals surface area contributed by atoms with Crippen LogP contribution in [0.4, 0.5) is 14.5 Å². The molecule has 1 fully saturated rings. The first-order valence-electron chi connectivity index (χ1n) is 8.27. The van der Waals surface area contributed by atoms with Crippen LogP contribution in [0.15, 0.2) is 18.2 Å². The van der Waals surface area contributed by atoms with Crippen LogP contribution in [0.2, 0.25) is 0 Å². The first-order chi connectivity index (χ1) is 12.3. The van der Waals surface area contributed by atoms with Crippen molar-refractivity contribution in [1.29, 1.82) is 0 Å². The topological polar surface area (TPSA) is 79.0 Å². The molecule has 0 bridgehead atoms. The molecule has 0 radical (unpaired) electrons. The quantitative estimate of drug-likeness (QED) is 0.656. The molecule has 0 unspecified atom stereocenters. The molecule has 0 spiro atoms. The number of anilines is 1. The lowest BCUT2D eigenvalue weighted by Crippen LogP contribution is -2.42. The first-order valence-corrected chi connectivity index (χ1v) is 10.1. The van der Waals surface area contributed by atoms with Gasteiger partial charge in [-0.2, -0.15) is 0 Å². The molecule has 1 aromatic carbocycles. The van der Waals surface area contributed by atoms with E-state index in [-0.39, 0.29) is 5.69 Å². The van der Waals surface area contributed by atoms with Gasteiger partial charge in [0.1, 0.15) is 6.54 Å². The minimum atomic E-state index is -3.83. The Kier molecular flexibility index (Phi) is 7.30. The number of nitrogens with one attached hydrogen (secondary N) is 1. The summed E-state index contributed by atoms with van der Waals surface area (Å²) in [6.07, 6.45) is 1.62. The van der Waals surface area contributed by atoms with E-state index in [0.29, 0.717) is 19.8 Å². The van der Waals surface area contributed by atoms with Gasteiger partial charge in [0.2, 0.25) is 15.9 Å². The van der Waals surface area contributed by atoms with Crippen molar-refractivity contribution in [3.8, 4) is 0 Å². The van der Waals surface area contributed by atoms with Gasteiger partial charge in [-0.3, -0.25) is 14.0 Å².